The van der Waals surface area contributed by atoms with Crippen LogP contribution in [0.3, 0.4) is 0 Å². The Balaban J connectivity index is 0.00000165. The van der Waals surface area contributed by atoms with Gasteiger partial charge in [0.2, 0.25) is 0 Å². The third kappa shape index (κ3) is 4.50. The first kappa shape index (κ1) is 29.0. The second-order valence-electron chi connectivity index (χ2n) is 11.8. The minimum Gasteiger partial charge on any atom is -0.396 e. The number of pyridine rings is 1. The van der Waals surface area contributed by atoms with Crippen LogP contribution in [0.25, 0.3) is 83.2 Å². The SMILES string of the molecule is C/C=C\c1ccc2ccc(-n3c4ccccc4c4cc(-c5ccc6c(c5)c5ccccc5n6-c5ccccc5)ccc43)nc2c1N.C=C. The Morgan fingerprint density at radius 3 is 1.75 bits per heavy atom. The van der Waals surface area contributed by atoms with Crippen LogP contribution in [0.2, 0.25) is 0 Å². The van der Waals surface area contributed by atoms with Crippen molar-refractivity contribution in [3.05, 3.63) is 164 Å². The number of nitrogens with zero attached hydrogens (tertiary/aromatic N) is 3. The van der Waals surface area contributed by atoms with Crippen molar-refractivity contribution in [2.24, 2.45) is 0 Å². The predicted molar refractivity (Wildman–Crippen MR) is 206 cm³/mol. The normalized spacial score (nSPS) is 11.6. The average Bonchev–Trinajstić information content (AvgIpc) is 3.66. The van der Waals surface area contributed by atoms with Gasteiger partial charge < -0.3 is 10.3 Å². The van der Waals surface area contributed by atoms with E-state index in [0.717, 1.165) is 39.0 Å². The Morgan fingerprint density at radius 1 is 0.562 bits per heavy atom. The van der Waals surface area contributed by atoms with Gasteiger partial charge in [-0.1, -0.05) is 91.0 Å². The largest absolute Gasteiger partial charge is 0.396 e. The van der Waals surface area contributed by atoms with Crippen molar-refractivity contribution < 1.29 is 0 Å². The van der Waals surface area contributed by atoms with E-state index in [1.807, 2.05) is 19.1 Å². The van der Waals surface area contributed by atoms with E-state index >= 15 is 0 Å². The zero-order chi connectivity index (χ0) is 32.8. The van der Waals surface area contributed by atoms with Crippen LogP contribution >= 0.6 is 0 Å². The van der Waals surface area contributed by atoms with E-state index in [1.165, 1.54) is 43.7 Å². The summed E-state index contributed by atoms with van der Waals surface area (Å²) < 4.78 is 4.61. The molecule has 0 radical (unpaired) electrons. The van der Waals surface area contributed by atoms with Gasteiger partial charge in [0.25, 0.3) is 0 Å². The lowest BCUT2D eigenvalue weighted by Gasteiger charge is -2.11. The van der Waals surface area contributed by atoms with E-state index in [2.05, 4.69) is 162 Å². The van der Waals surface area contributed by atoms with Gasteiger partial charge >= 0.3 is 0 Å². The molecule has 3 aromatic heterocycles. The molecule has 0 bridgehead atoms. The number of rotatable bonds is 4. The van der Waals surface area contributed by atoms with E-state index < -0.39 is 0 Å². The number of aromatic nitrogens is 3. The second kappa shape index (κ2) is 11.8. The Hall–Kier alpha value is -6.39. The number of para-hydroxylation sites is 3. The zero-order valence-electron chi connectivity index (χ0n) is 26.8. The molecule has 4 heteroatoms. The third-order valence-corrected chi connectivity index (χ3v) is 9.19. The van der Waals surface area contributed by atoms with Gasteiger partial charge in [-0.3, -0.25) is 4.57 Å². The van der Waals surface area contributed by atoms with Crippen LogP contribution < -0.4 is 5.73 Å². The molecule has 3 heterocycles. The predicted octanol–water partition coefficient (Wildman–Crippen LogP) is 11.5. The smallest absolute Gasteiger partial charge is 0.138 e. The number of fused-ring (bicyclic) bond motifs is 7. The van der Waals surface area contributed by atoms with Crippen molar-refractivity contribution in [1.82, 2.24) is 14.1 Å². The summed E-state index contributed by atoms with van der Waals surface area (Å²) in [7, 11) is 0. The highest BCUT2D eigenvalue weighted by Crippen LogP contribution is 2.38. The molecule has 0 atom stereocenters. The number of nitrogen functional groups attached to an aromatic ring is 1. The summed E-state index contributed by atoms with van der Waals surface area (Å²) in [6.07, 6.45) is 4.03. The van der Waals surface area contributed by atoms with Gasteiger partial charge in [-0.15, -0.1) is 13.2 Å². The Kier molecular flexibility index (Phi) is 7.11. The molecular formula is C44H34N4. The molecule has 230 valence electrons. The van der Waals surface area contributed by atoms with Crippen LogP contribution in [0.1, 0.15) is 12.5 Å². The molecule has 6 aromatic carbocycles. The first-order valence-corrected chi connectivity index (χ1v) is 16.1. The number of anilines is 1. The third-order valence-electron chi connectivity index (χ3n) is 9.19. The Bertz CT molecular complexity index is 2670. The fourth-order valence-corrected chi connectivity index (χ4v) is 7.07. The maximum atomic E-state index is 6.62. The van der Waals surface area contributed by atoms with E-state index in [9.17, 15) is 0 Å². The molecule has 0 aliphatic rings. The van der Waals surface area contributed by atoms with Crippen molar-refractivity contribution in [2.75, 3.05) is 5.73 Å². The lowest BCUT2D eigenvalue weighted by molar-refractivity contribution is 1.10. The van der Waals surface area contributed by atoms with Crippen LogP contribution in [-0.4, -0.2) is 14.1 Å². The topological polar surface area (TPSA) is 48.8 Å². The Morgan fingerprint density at radius 2 is 1.10 bits per heavy atom. The molecule has 0 unspecified atom stereocenters. The minimum absolute atomic E-state index is 0.699. The molecule has 9 aromatic rings. The molecule has 0 aliphatic heterocycles. The maximum absolute atomic E-state index is 6.62. The van der Waals surface area contributed by atoms with Gasteiger partial charge in [0.05, 0.1) is 33.3 Å². The van der Waals surface area contributed by atoms with Gasteiger partial charge in [0, 0.05) is 32.6 Å². The van der Waals surface area contributed by atoms with Crippen molar-refractivity contribution in [3.63, 3.8) is 0 Å². The molecule has 0 aliphatic carbocycles. The van der Waals surface area contributed by atoms with Gasteiger partial charge in [0.15, 0.2) is 0 Å². The summed E-state index contributed by atoms with van der Waals surface area (Å²) in [6.45, 7) is 8.00. The van der Waals surface area contributed by atoms with E-state index in [0.29, 0.717) is 5.69 Å². The van der Waals surface area contributed by atoms with Gasteiger partial charge in [-0.2, -0.15) is 0 Å². The molecule has 0 saturated carbocycles. The summed E-state index contributed by atoms with van der Waals surface area (Å²) in [4.78, 5) is 5.13. The second-order valence-corrected chi connectivity index (χ2v) is 11.8. The summed E-state index contributed by atoms with van der Waals surface area (Å²) in [5, 5.41) is 5.91. The summed E-state index contributed by atoms with van der Waals surface area (Å²) in [5.74, 6) is 0.853. The highest BCUT2D eigenvalue weighted by Gasteiger charge is 2.17. The first-order valence-electron chi connectivity index (χ1n) is 16.1. The van der Waals surface area contributed by atoms with Gasteiger partial charge in [-0.05, 0) is 84.3 Å². The molecular weight excluding hydrogens is 585 g/mol. The average molecular weight is 619 g/mol. The number of nitrogens with two attached hydrogens (primary N) is 1. The van der Waals surface area contributed by atoms with Gasteiger partial charge in [0.1, 0.15) is 5.82 Å². The summed E-state index contributed by atoms with van der Waals surface area (Å²) in [6, 6.07) is 49.8. The first-order chi connectivity index (χ1) is 23.7. The number of hydrogen-bond donors (Lipinski definition) is 1. The van der Waals surface area contributed by atoms with Crippen molar-refractivity contribution >= 4 is 66.3 Å². The molecule has 4 nitrogen and oxygen atoms in total. The number of allylic oxidation sites excluding steroid dienone is 1. The van der Waals surface area contributed by atoms with E-state index in [1.54, 1.807) is 0 Å². The molecule has 0 saturated heterocycles. The van der Waals surface area contributed by atoms with Crippen LogP contribution in [-0.2, 0) is 0 Å². The molecule has 48 heavy (non-hydrogen) atoms. The van der Waals surface area contributed by atoms with Gasteiger partial charge in [-0.25, -0.2) is 4.98 Å². The van der Waals surface area contributed by atoms with Crippen LogP contribution in [0, 0.1) is 0 Å². The van der Waals surface area contributed by atoms with Crippen molar-refractivity contribution in [1.29, 1.82) is 0 Å². The lowest BCUT2D eigenvalue weighted by Crippen LogP contribution is -2.00. The van der Waals surface area contributed by atoms with Crippen LogP contribution in [0.4, 0.5) is 5.69 Å². The molecule has 9 rings (SSSR count). The maximum Gasteiger partial charge on any atom is 0.138 e. The quantitative estimate of drug-likeness (QED) is 0.158. The molecule has 0 amide bonds. The minimum atomic E-state index is 0.699. The lowest BCUT2D eigenvalue weighted by atomic mass is 10.0. The highest BCUT2D eigenvalue weighted by molar-refractivity contribution is 6.12. The fraction of sp³-hybridized carbons (Fsp3) is 0.0227. The monoisotopic (exact) mass is 618 g/mol. The number of benzene rings is 6. The van der Waals surface area contributed by atoms with E-state index in [4.69, 9.17) is 10.7 Å². The molecule has 2 N–H and O–H groups in total. The summed E-state index contributed by atoms with van der Waals surface area (Å²) in [5.41, 5.74) is 17.3. The number of hydrogen-bond acceptors (Lipinski definition) is 2. The molecule has 0 fully saturated rings. The fourth-order valence-electron chi connectivity index (χ4n) is 7.07. The van der Waals surface area contributed by atoms with Crippen LogP contribution in [0.5, 0.6) is 0 Å². The zero-order valence-corrected chi connectivity index (χ0v) is 26.8. The highest BCUT2D eigenvalue weighted by atomic mass is 15.1. The Labute approximate surface area is 279 Å². The summed E-state index contributed by atoms with van der Waals surface area (Å²) >= 11 is 0. The van der Waals surface area contributed by atoms with Crippen molar-refractivity contribution in [2.45, 2.75) is 6.92 Å². The van der Waals surface area contributed by atoms with Crippen molar-refractivity contribution in [3.8, 4) is 22.6 Å². The molecule has 0 spiro atoms. The van der Waals surface area contributed by atoms with Crippen LogP contribution in [0.15, 0.2) is 159 Å². The van der Waals surface area contributed by atoms with E-state index in [-0.39, 0.29) is 0 Å². The standard InChI is InChI=1S/C42H30N4.C2H4/c1-2-10-27-17-18-28-21-24-40(44-42(28)41(27)43)46-37-16-9-7-14-33(37)35-26-30(20-23-39(35)46)29-19-22-38-34(25-29)32-13-6-8-15-36(32)45(38)31-11-4-3-5-12-31;1-2/h2-26H,43H2,1H3;1-2H2/b10-2-;.